The molecule has 19 heavy (non-hydrogen) atoms. The maximum Gasteiger partial charge on any atom is 0.327 e. The van der Waals surface area contributed by atoms with Crippen LogP contribution in [0.2, 0.25) is 0 Å². The first-order valence-electron chi connectivity index (χ1n) is 6.97. The van der Waals surface area contributed by atoms with Crippen molar-refractivity contribution in [1.29, 1.82) is 0 Å². The first kappa shape index (κ1) is 16.4. The molecule has 0 amide bonds. The molecule has 5 nitrogen and oxygen atoms in total. The molecule has 1 aliphatic rings. The van der Waals surface area contributed by atoms with Crippen LogP contribution in [0.25, 0.3) is 0 Å². The van der Waals surface area contributed by atoms with Crippen LogP contribution in [0.3, 0.4) is 0 Å². The van der Waals surface area contributed by atoms with Crippen LogP contribution >= 0.6 is 0 Å². The van der Waals surface area contributed by atoms with Gasteiger partial charge in [0.25, 0.3) is 0 Å². The van der Waals surface area contributed by atoms with Gasteiger partial charge < -0.3 is 10.1 Å². The van der Waals surface area contributed by atoms with Crippen LogP contribution in [0.4, 0.5) is 0 Å². The summed E-state index contributed by atoms with van der Waals surface area (Å²) >= 11 is 0. The standard InChI is InChI=1S/C14H29N3O2/c1-13(2,3)17-9-7-16(8-10-17)11-14(4,15-5)12(18)19-6/h15H,7-11H2,1-6H3. The highest BCUT2D eigenvalue weighted by atomic mass is 16.5. The highest BCUT2D eigenvalue weighted by molar-refractivity contribution is 5.80. The average Bonchev–Trinajstić information content (AvgIpc) is 2.37. The van der Waals surface area contributed by atoms with Crippen LogP contribution in [-0.2, 0) is 9.53 Å². The lowest BCUT2D eigenvalue weighted by atomic mass is 10.0. The van der Waals surface area contributed by atoms with E-state index in [1.807, 2.05) is 14.0 Å². The van der Waals surface area contributed by atoms with E-state index in [0.29, 0.717) is 6.54 Å². The van der Waals surface area contributed by atoms with Gasteiger partial charge in [-0.2, -0.15) is 0 Å². The van der Waals surface area contributed by atoms with E-state index < -0.39 is 5.54 Å². The van der Waals surface area contributed by atoms with Crippen LogP contribution in [0, 0.1) is 0 Å². The number of methoxy groups -OCH3 is 1. The zero-order chi connectivity index (χ0) is 14.7. The van der Waals surface area contributed by atoms with Gasteiger partial charge in [0.05, 0.1) is 7.11 Å². The summed E-state index contributed by atoms with van der Waals surface area (Å²) < 4.78 is 4.88. The van der Waals surface area contributed by atoms with Crippen LogP contribution in [-0.4, -0.2) is 73.7 Å². The molecule has 0 aromatic carbocycles. The molecule has 0 radical (unpaired) electrons. The lowest BCUT2D eigenvalue weighted by Crippen LogP contribution is -2.60. The number of hydrogen-bond donors (Lipinski definition) is 1. The lowest BCUT2D eigenvalue weighted by Gasteiger charge is -2.44. The molecule has 1 fully saturated rings. The molecule has 0 aliphatic carbocycles. The first-order valence-corrected chi connectivity index (χ1v) is 6.97. The number of rotatable bonds is 4. The molecule has 1 N–H and O–H groups in total. The van der Waals surface area contributed by atoms with Crippen LogP contribution in [0.5, 0.6) is 0 Å². The van der Waals surface area contributed by atoms with Gasteiger partial charge in [0, 0.05) is 38.3 Å². The Balaban J connectivity index is 2.55. The summed E-state index contributed by atoms with van der Waals surface area (Å²) in [5, 5.41) is 3.09. The molecule has 1 atom stereocenters. The van der Waals surface area contributed by atoms with Gasteiger partial charge in [-0.05, 0) is 34.7 Å². The Bertz CT molecular complexity index is 306. The van der Waals surface area contributed by atoms with Crippen molar-refractivity contribution in [3.8, 4) is 0 Å². The Morgan fingerprint density at radius 2 is 1.68 bits per heavy atom. The molecule has 1 unspecified atom stereocenters. The van der Waals surface area contributed by atoms with Crippen molar-refractivity contribution < 1.29 is 9.53 Å². The van der Waals surface area contributed by atoms with E-state index >= 15 is 0 Å². The first-order chi connectivity index (χ1) is 8.73. The van der Waals surface area contributed by atoms with E-state index in [-0.39, 0.29) is 11.5 Å². The van der Waals surface area contributed by atoms with Crippen LogP contribution in [0.1, 0.15) is 27.7 Å². The molecular formula is C14H29N3O2. The number of nitrogens with one attached hydrogen (secondary N) is 1. The van der Waals surface area contributed by atoms with Gasteiger partial charge in [0.15, 0.2) is 0 Å². The van der Waals surface area contributed by atoms with Crippen molar-refractivity contribution in [3.05, 3.63) is 0 Å². The van der Waals surface area contributed by atoms with Gasteiger partial charge in [-0.1, -0.05) is 0 Å². The fourth-order valence-electron chi connectivity index (χ4n) is 2.49. The number of ether oxygens (including phenoxy) is 1. The average molecular weight is 271 g/mol. The number of likely N-dealkylation sites (N-methyl/N-ethyl adjacent to an activating group) is 1. The largest absolute Gasteiger partial charge is 0.468 e. The third-order valence-corrected chi connectivity index (χ3v) is 4.05. The second kappa shape index (κ2) is 6.20. The van der Waals surface area contributed by atoms with Crippen molar-refractivity contribution in [1.82, 2.24) is 15.1 Å². The second-order valence-electron chi connectivity index (χ2n) is 6.51. The van der Waals surface area contributed by atoms with E-state index in [1.54, 1.807) is 0 Å². The zero-order valence-corrected chi connectivity index (χ0v) is 13.2. The van der Waals surface area contributed by atoms with Gasteiger partial charge >= 0.3 is 5.97 Å². The van der Waals surface area contributed by atoms with Gasteiger partial charge in [-0.25, -0.2) is 0 Å². The maximum atomic E-state index is 11.8. The van der Waals surface area contributed by atoms with E-state index in [1.165, 1.54) is 7.11 Å². The van der Waals surface area contributed by atoms with Crippen molar-refractivity contribution in [2.75, 3.05) is 46.9 Å². The van der Waals surface area contributed by atoms with Gasteiger partial charge in [-0.15, -0.1) is 0 Å². The quantitative estimate of drug-likeness (QED) is 0.757. The molecule has 1 aliphatic heterocycles. The van der Waals surface area contributed by atoms with Crippen LogP contribution in [0.15, 0.2) is 0 Å². The Morgan fingerprint density at radius 1 is 1.16 bits per heavy atom. The number of esters is 1. The highest BCUT2D eigenvalue weighted by Gasteiger charge is 2.36. The molecule has 1 heterocycles. The summed E-state index contributed by atoms with van der Waals surface area (Å²) in [7, 11) is 3.25. The minimum absolute atomic E-state index is 0.201. The predicted molar refractivity (Wildman–Crippen MR) is 77.2 cm³/mol. The van der Waals surface area contributed by atoms with Crippen molar-refractivity contribution in [2.45, 2.75) is 38.8 Å². The number of carbonyl (C=O) groups is 1. The fraction of sp³-hybridized carbons (Fsp3) is 0.929. The number of carbonyl (C=O) groups excluding carboxylic acids is 1. The zero-order valence-electron chi connectivity index (χ0n) is 13.2. The lowest BCUT2D eigenvalue weighted by molar-refractivity contribution is -0.148. The van der Waals surface area contributed by atoms with E-state index in [2.05, 4.69) is 35.9 Å². The monoisotopic (exact) mass is 271 g/mol. The van der Waals surface area contributed by atoms with Gasteiger partial charge in [0.1, 0.15) is 5.54 Å². The Kier molecular flexibility index (Phi) is 5.35. The third-order valence-electron chi connectivity index (χ3n) is 4.05. The molecular weight excluding hydrogens is 242 g/mol. The minimum atomic E-state index is -0.626. The number of piperazine rings is 1. The van der Waals surface area contributed by atoms with Gasteiger partial charge in [-0.3, -0.25) is 14.6 Å². The number of nitrogens with zero attached hydrogens (tertiary/aromatic N) is 2. The Labute approximate surface area is 117 Å². The molecule has 0 aromatic heterocycles. The van der Waals surface area contributed by atoms with E-state index in [4.69, 9.17) is 4.74 Å². The topological polar surface area (TPSA) is 44.8 Å². The molecule has 0 bridgehead atoms. The summed E-state index contributed by atoms with van der Waals surface area (Å²) in [6.07, 6.45) is 0. The fourth-order valence-corrected chi connectivity index (χ4v) is 2.49. The summed E-state index contributed by atoms with van der Waals surface area (Å²) in [4.78, 5) is 16.7. The molecule has 5 heteroatoms. The molecule has 1 saturated heterocycles. The van der Waals surface area contributed by atoms with E-state index in [0.717, 1.165) is 26.2 Å². The summed E-state index contributed by atoms with van der Waals surface area (Å²) in [5.74, 6) is -0.201. The third kappa shape index (κ3) is 4.16. The molecule has 0 saturated carbocycles. The Hall–Kier alpha value is -0.650. The molecule has 1 rings (SSSR count). The molecule has 112 valence electrons. The summed E-state index contributed by atoms with van der Waals surface area (Å²) in [5.41, 5.74) is -0.403. The second-order valence-corrected chi connectivity index (χ2v) is 6.51. The van der Waals surface area contributed by atoms with Crippen molar-refractivity contribution >= 4 is 5.97 Å². The van der Waals surface area contributed by atoms with Crippen molar-refractivity contribution in [2.24, 2.45) is 0 Å². The van der Waals surface area contributed by atoms with E-state index in [9.17, 15) is 4.79 Å². The molecule has 0 aromatic rings. The maximum absolute atomic E-state index is 11.8. The predicted octanol–water partition coefficient (Wildman–Crippen LogP) is 0.554. The number of hydrogen-bond acceptors (Lipinski definition) is 5. The van der Waals surface area contributed by atoms with Gasteiger partial charge in [0.2, 0.25) is 0 Å². The summed E-state index contributed by atoms with van der Waals surface area (Å²) in [6.45, 7) is 13.4. The SMILES string of the molecule is CNC(C)(CN1CCN(C(C)(C)C)CC1)C(=O)OC. The molecule has 0 spiro atoms. The smallest absolute Gasteiger partial charge is 0.327 e. The van der Waals surface area contributed by atoms with Crippen LogP contribution < -0.4 is 5.32 Å². The van der Waals surface area contributed by atoms with Crippen molar-refractivity contribution in [3.63, 3.8) is 0 Å². The highest BCUT2D eigenvalue weighted by Crippen LogP contribution is 2.17. The Morgan fingerprint density at radius 3 is 2.05 bits per heavy atom. The summed E-state index contributed by atoms with van der Waals surface area (Å²) in [6, 6.07) is 0. The minimum Gasteiger partial charge on any atom is -0.468 e. The normalized spacial score (nSPS) is 22.0.